The van der Waals surface area contributed by atoms with Gasteiger partial charge in [-0.05, 0) is 50.6 Å². The minimum atomic E-state index is -0.0693. The largest absolute Gasteiger partial charge is 0.293 e. The summed E-state index contributed by atoms with van der Waals surface area (Å²) in [6, 6.07) is 9.54. The van der Waals surface area contributed by atoms with Gasteiger partial charge in [-0.2, -0.15) is 10.2 Å². The summed E-state index contributed by atoms with van der Waals surface area (Å²) < 4.78 is 1.58. The van der Waals surface area contributed by atoms with Gasteiger partial charge in [0.05, 0.1) is 17.9 Å². The Labute approximate surface area is 151 Å². The second kappa shape index (κ2) is 7.21. The van der Waals surface area contributed by atoms with Crippen LogP contribution < -0.4 is 5.56 Å². The molecule has 7 heteroatoms. The molecular formula is C19H22N6O. The summed E-state index contributed by atoms with van der Waals surface area (Å²) >= 11 is 0. The lowest BCUT2D eigenvalue weighted by Gasteiger charge is -2.23. The van der Waals surface area contributed by atoms with Crippen LogP contribution in [0.3, 0.4) is 0 Å². The van der Waals surface area contributed by atoms with E-state index in [4.69, 9.17) is 0 Å². The van der Waals surface area contributed by atoms with Gasteiger partial charge in [0.15, 0.2) is 0 Å². The molecule has 0 bridgehead atoms. The molecule has 1 saturated heterocycles. The Bertz CT molecular complexity index is 932. The summed E-state index contributed by atoms with van der Waals surface area (Å²) in [5.41, 5.74) is 3.72. The first kappa shape index (κ1) is 16.7. The van der Waals surface area contributed by atoms with Gasteiger partial charge < -0.3 is 0 Å². The minimum Gasteiger partial charge on any atom is -0.293 e. The van der Waals surface area contributed by atoms with E-state index in [0.717, 1.165) is 48.6 Å². The molecule has 1 aliphatic heterocycles. The van der Waals surface area contributed by atoms with Crippen LogP contribution in [0.5, 0.6) is 0 Å². The third-order valence-electron chi connectivity index (χ3n) is 4.83. The van der Waals surface area contributed by atoms with Crippen LogP contribution in [0.1, 0.15) is 24.2 Å². The molecule has 4 rings (SSSR count). The van der Waals surface area contributed by atoms with Crippen LogP contribution in [-0.2, 0) is 13.1 Å². The number of hydrogen-bond acceptors (Lipinski definition) is 5. The van der Waals surface area contributed by atoms with Crippen LogP contribution in [0.2, 0.25) is 0 Å². The highest BCUT2D eigenvalue weighted by molar-refractivity contribution is 5.56. The molecule has 0 spiro atoms. The molecule has 0 amide bonds. The second-order valence-electron chi connectivity index (χ2n) is 6.79. The standard InChI is InChI=1S/C19H22N6O/c1-14-10-16(22-21-14)12-24-9-3-5-17(24)13-25-19(26)7-6-18(23-25)15-4-2-8-20-11-15/h2,4,6-8,10-11,17H,3,5,9,12-13H2,1H3,(H,21,22). The topological polar surface area (TPSA) is 79.7 Å². The van der Waals surface area contributed by atoms with E-state index in [1.165, 1.54) is 0 Å². The fourth-order valence-corrected chi connectivity index (χ4v) is 3.52. The van der Waals surface area contributed by atoms with Crippen molar-refractivity contribution in [1.29, 1.82) is 0 Å². The van der Waals surface area contributed by atoms with E-state index in [9.17, 15) is 4.79 Å². The first-order valence-electron chi connectivity index (χ1n) is 8.92. The summed E-state index contributed by atoms with van der Waals surface area (Å²) in [7, 11) is 0. The molecule has 1 unspecified atom stereocenters. The Morgan fingerprint density at radius 2 is 2.23 bits per heavy atom. The van der Waals surface area contributed by atoms with Gasteiger partial charge >= 0.3 is 0 Å². The van der Waals surface area contributed by atoms with Gasteiger partial charge in [0, 0.05) is 42.3 Å². The van der Waals surface area contributed by atoms with Crippen molar-refractivity contribution in [2.75, 3.05) is 6.54 Å². The van der Waals surface area contributed by atoms with Crippen molar-refractivity contribution in [1.82, 2.24) is 29.9 Å². The Morgan fingerprint density at radius 3 is 3.00 bits per heavy atom. The van der Waals surface area contributed by atoms with E-state index in [0.29, 0.717) is 12.6 Å². The molecule has 1 atom stereocenters. The summed E-state index contributed by atoms with van der Waals surface area (Å²) in [5, 5.41) is 11.9. The van der Waals surface area contributed by atoms with Crippen molar-refractivity contribution in [3.8, 4) is 11.3 Å². The van der Waals surface area contributed by atoms with Crippen LogP contribution in [0.15, 0.2) is 47.5 Å². The molecule has 3 aromatic rings. The molecule has 0 radical (unpaired) electrons. The first-order chi connectivity index (χ1) is 12.7. The Kier molecular flexibility index (Phi) is 4.62. The van der Waals surface area contributed by atoms with Crippen molar-refractivity contribution < 1.29 is 0 Å². The van der Waals surface area contributed by atoms with Crippen molar-refractivity contribution in [2.24, 2.45) is 0 Å². The van der Waals surface area contributed by atoms with Gasteiger partial charge in [-0.1, -0.05) is 0 Å². The van der Waals surface area contributed by atoms with Gasteiger partial charge in [-0.3, -0.25) is 19.8 Å². The second-order valence-corrected chi connectivity index (χ2v) is 6.79. The van der Waals surface area contributed by atoms with E-state index in [1.54, 1.807) is 29.2 Å². The van der Waals surface area contributed by atoms with E-state index in [2.05, 4.69) is 31.2 Å². The van der Waals surface area contributed by atoms with Crippen molar-refractivity contribution in [3.05, 3.63) is 64.5 Å². The summed E-state index contributed by atoms with van der Waals surface area (Å²) in [6.45, 7) is 4.42. The maximum absolute atomic E-state index is 12.3. The van der Waals surface area contributed by atoms with Crippen LogP contribution in [0, 0.1) is 6.92 Å². The lowest BCUT2D eigenvalue weighted by atomic mass is 10.2. The van der Waals surface area contributed by atoms with Crippen LogP contribution in [0.25, 0.3) is 11.3 Å². The molecule has 1 N–H and O–H groups in total. The molecule has 0 aliphatic carbocycles. The molecule has 4 heterocycles. The summed E-state index contributed by atoms with van der Waals surface area (Å²) in [4.78, 5) is 18.8. The number of aryl methyl sites for hydroxylation is 1. The number of nitrogens with zero attached hydrogens (tertiary/aromatic N) is 5. The number of rotatable bonds is 5. The Hall–Kier alpha value is -2.80. The van der Waals surface area contributed by atoms with Crippen molar-refractivity contribution >= 4 is 0 Å². The molecule has 1 fully saturated rings. The lowest BCUT2D eigenvalue weighted by Crippen LogP contribution is -2.36. The molecule has 26 heavy (non-hydrogen) atoms. The predicted octanol–water partition coefficient (Wildman–Crippen LogP) is 2.00. The summed E-state index contributed by atoms with van der Waals surface area (Å²) in [6.07, 6.45) is 5.69. The quantitative estimate of drug-likeness (QED) is 0.761. The Morgan fingerprint density at radius 1 is 1.31 bits per heavy atom. The molecule has 1 aliphatic rings. The highest BCUT2D eigenvalue weighted by Gasteiger charge is 2.26. The average molecular weight is 350 g/mol. The van der Waals surface area contributed by atoms with E-state index < -0.39 is 0 Å². The number of pyridine rings is 1. The maximum Gasteiger partial charge on any atom is 0.266 e. The third-order valence-corrected chi connectivity index (χ3v) is 4.83. The third kappa shape index (κ3) is 3.57. The minimum absolute atomic E-state index is 0.0693. The highest BCUT2D eigenvalue weighted by Crippen LogP contribution is 2.21. The number of aromatic amines is 1. The monoisotopic (exact) mass is 350 g/mol. The molecule has 0 saturated carbocycles. The fourth-order valence-electron chi connectivity index (χ4n) is 3.52. The molecule has 0 aromatic carbocycles. The number of hydrogen-bond donors (Lipinski definition) is 1. The molecular weight excluding hydrogens is 328 g/mol. The van der Waals surface area contributed by atoms with Crippen molar-refractivity contribution in [3.63, 3.8) is 0 Å². The van der Waals surface area contributed by atoms with Crippen LogP contribution in [-0.4, -0.2) is 42.4 Å². The molecule has 3 aromatic heterocycles. The van der Waals surface area contributed by atoms with E-state index in [1.807, 2.05) is 19.1 Å². The number of nitrogens with one attached hydrogen (secondary N) is 1. The van der Waals surface area contributed by atoms with E-state index >= 15 is 0 Å². The smallest absolute Gasteiger partial charge is 0.266 e. The molecule has 7 nitrogen and oxygen atoms in total. The van der Waals surface area contributed by atoms with Gasteiger partial charge in [0.1, 0.15) is 0 Å². The lowest BCUT2D eigenvalue weighted by molar-refractivity contribution is 0.214. The van der Waals surface area contributed by atoms with Gasteiger partial charge in [0.25, 0.3) is 5.56 Å². The zero-order valence-corrected chi connectivity index (χ0v) is 14.8. The predicted molar refractivity (Wildman–Crippen MR) is 98.5 cm³/mol. The Balaban J connectivity index is 1.53. The van der Waals surface area contributed by atoms with Gasteiger partial charge in [-0.25, -0.2) is 4.68 Å². The van der Waals surface area contributed by atoms with Gasteiger partial charge in [0.2, 0.25) is 0 Å². The van der Waals surface area contributed by atoms with E-state index in [-0.39, 0.29) is 5.56 Å². The average Bonchev–Trinajstić information content (AvgIpc) is 3.27. The highest BCUT2D eigenvalue weighted by atomic mass is 16.1. The maximum atomic E-state index is 12.3. The number of likely N-dealkylation sites (tertiary alicyclic amines) is 1. The zero-order valence-electron chi connectivity index (χ0n) is 14.8. The number of aromatic nitrogens is 5. The van der Waals surface area contributed by atoms with Crippen molar-refractivity contribution in [2.45, 2.75) is 38.9 Å². The fraction of sp³-hybridized carbons (Fsp3) is 0.368. The molecule has 134 valence electrons. The SMILES string of the molecule is Cc1cc(CN2CCCC2Cn2nc(-c3cccnc3)ccc2=O)n[nH]1. The first-order valence-corrected chi connectivity index (χ1v) is 8.92. The normalized spacial score (nSPS) is 17.7. The number of H-pyrrole nitrogens is 1. The van der Waals surface area contributed by atoms with Crippen LogP contribution >= 0.6 is 0 Å². The zero-order chi connectivity index (χ0) is 17.9. The van der Waals surface area contributed by atoms with Crippen LogP contribution in [0.4, 0.5) is 0 Å². The van der Waals surface area contributed by atoms with Gasteiger partial charge in [-0.15, -0.1) is 0 Å². The summed E-state index contributed by atoms with van der Waals surface area (Å²) in [5.74, 6) is 0.